The lowest BCUT2D eigenvalue weighted by Crippen LogP contribution is -2.14. The van der Waals surface area contributed by atoms with E-state index in [1.165, 1.54) is 12.3 Å². The summed E-state index contributed by atoms with van der Waals surface area (Å²) in [5, 5.41) is 2.36. The van der Waals surface area contributed by atoms with Crippen LogP contribution in [0.4, 0.5) is 5.82 Å². The van der Waals surface area contributed by atoms with Gasteiger partial charge in [0.1, 0.15) is 5.82 Å². The summed E-state index contributed by atoms with van der Waals surface area (Å²) in [6.07, 6.45) is 1.34. The standard InChI is InChI=1S/C4H11N7O2P2S/c5-14(6,12)11-3-1-2-9-4(10-3)16-15(7,8)13/h1-2H,(H4,7,8,13)(H5,5,6,9,10,11,12). The molecule has 0 bridgehead atoms. The minimum absolute atomic E-state index is 0.0757. The second-order valence-corrected chi connectivity index (χ2v) is 8.52. The molecular weight excluding hydrogens is 272 g/mol. The van der Waals surface area contributed by atoms with Crippen molar-refractivity contribution in [2.45, 2.75) is 5.16 Å². The van der Waals surface area contributed by atoms with Crippen LogP contribution in [0.25, 0.3) is 0 Å². The first-order chi connectivity index (χ1) is 7.16. The Bertz CT molecular complexity index is 430. The highest BCUT2D eigenvalue weighted by atomic mass is 32.7. The summed E-state index contributed by atoms with van der Waals surface area (Å²) in [5.41, 5.74) is 20.5. The maximum atomic E-state index is 11.1. The van der Waals surface area contributed by atoms with Gasteiger partial charge in [-0.15, -0.1) is 0 Å². The topological polar surface area (TPSA) is 176 Å². The molecule has 0 spiro atoms. The third-order valence-corrected chi connectivity index (χ3v) is 3.72. The number of nitrogens with one attached hydrogen (secondary N) is 1. The normalized spacial score (nSPS) is 12.5. The van der Waals surface area contributed by atoms with Gasteiger partial charge in [-0.25, -0.2) is 9.97 Å². The Morgan fingerprint density at radius 2 is 1.88 bits per heavy atom. The number of anilines is 1. The molecule has 0 aliphatic heterocycles. The van der Waals surface area contributed by atoms with Crippen LogP contribution in [0.3, 0.4) is 0 Å². The highest BCUT2D eigenvalue weighted by Crippen LogP contribution is 2.46. The number of nitrogens with two attached hydrogens (primary N) is 4. The minimum Gasteiger partial charge on any atom is -0.297 e. The van der Waals surface area contributed by atoms with Crippen molar-refractivity contribution in [1.29, 1.82) is 0 Å². The van der Waals surface area contributed by atoms with E-state index in [4.69, 9.17) is 22.0 Å². The van der Waals surface area contributed by atoms with Crippen molar-refractivity contribution < 1.29 is 9.13 Å². The Labute approximate surface area is 95.5 Å². The average molecular weight is 283 g/mol. The highest BCUT2D eigenvalue weighted by Gasteiger charge is 2.15. The van der Waals surface area contributed by atoms with Gasteiger partial charge in [-0.3, -0.25) is 36.2 Å². The molecule has 1 aromatic heterocycles. The molecule has 1 heterocycles. The van der Waals surface area contributed by atoms with Crippen LogP contribution < -0.4 is 27.1 Å². The maximum Gasteiger partial charge on any atom is 0.299 e. The zero-order chi connectivity index (χ0) is 12.4. The largest absolute Gasteiger partial charge is 0.299 e. The van der Waals surface area contributed by atoms with Crippen molar-refractivity contribution in [1.82, 2.24) is 9.97 Å². The van der Waals surface area contributed by atoms with Gasteiger partial charge in [0.25, 0.3) is 14.2 Å². The molecule has 90 valence electrons. The summed E-state index contributed by atoms with van der Waals surface area (Å²) in [5.74, 6) is 0.138. The van der Waals surface area contributed by atoms with Crippen molar-refractivity contribution in [3.05, 3.63) is 12.3 Å². The summed E-state index contributed by atoms with van der Waals surface area (Å²) in [6, 6.07) is 1.40. The van der Waals surface area contributed by atoms with Gasteiger partial charge in [-0.1, -0.05) is 0 Å². The molecule has 0 unspecified atom stereocenters. The van der Waals surface area contributed by atoms with Crippen LogP contribution in [0.15, 0.2) is 17.4 Å². The van der Waals surface area contributed by atoms with E-state index in [2.05, 4.69) is 15.1 Å². The Kier molecular flexibility index (Phi) is 4.08. The highest BCUT2D eigenvalue weighted by molar-refractivity contribution is 8.56. The van der Waals surface area contributed by atoms with Crippen LogP contribution in [-0.4, -0.2) is 9.97 Å². The Balaban J connectivity index is 2.88. The molecule has 0 saturated carbocycles. The molecule has 0 atom stereocenters. The monoisotopic (exact) mass is 283 g/mol. The van der Waals surface area contributed by atoms with E-state index < -0.39 is 14.2 Å². The smallest absolute Gasteiger partial charge is 0.297 e. The quantitative estimate of drug-likeness (QED) is 0.374. The van der Waals surface area contributed by atoms with Crippen molar-refractivity contribution in [3.63, 3.8) is 0 Å². The predicted octanol–water partition coefficient (Wildman–Crippen LogP) is 0.0316. The molecule has 1 rings (SSSR count). The first-order valence-corrected chi connectivity index (χ1v) is 8.92. The molecule has 0 amide bonds. The third kappa shape index (κ3) is 5.57. The first kappa shape index (κ1) is 13.6. The van der Waals surface area contributed by atoms with E-state index in [1.807, 2.05) is 0 Å². The van der Waals surface area contributed by atoms with Crippen LogP contribution >= 0.6 is 25.6 Å². The Morgan fingerprint density at radius 1 is 1.25 bits per heavy atom. The van der Waals surface area contributed by atoms with Gasteiger partial charge in [0.05, 0.1) is 0 Å². The molecule has 16 heavy (non-hydrogen) atoms. The maximum absolute atomic E-state index is 11.1. The van der Waals surface area contributed by atoms with Crippen LogP contribution in [0, 0.1) is 0 Å². The molecule has 1 aromatic rings. The molecule has 9 nitrogen and oxygen atoms in total. The van der Waals surface area contributed by atoms with Gasteiger partial charge in [-0.2, -0.15) is 0 Å². The fourth-order valence-electron chi connectivity index (χ4n) is 0.754. The number of hydrogen-bond acceptors (Lipinski definition) is 5. The molecule has 0 aliphatic rings. The summed E-state index contributed by atoms with van der Waals surface area (Å²) in [4.78, 5) is 7.58. The summed E-state index contributed by atoms with van der Waals surface area (Å²) < 4.78 is 22.1. The minimum atomic E-state index is -3.44. The van der Waals surface area contributed by atoms with Crippen LogP contribution in [-0.2, 0) is 9.13 Å². The van der Waals surface area contributed by atoms with E-state index in [9.17, 15) is 9.13 Å². The van der Waals surface area contributed by atoms with Crippen LogP contribution in [0.2, 0.25) is 0 Å². The molecule has 0 fully saturated rings. The van der Waals surface area contributed by atoms with Gasteiger partial charge >= 0.3 is 0 Å². The second kappa shape index (κ2) is 4.80. The van der Waals surface area contributed by atoms with Crippen molar-refractivity contribution >= 4 is 31.4 Å². The van der Waals surface area contributed by atoms with E-state index in [0.717, 1.165) is 0 Å². The van der Waals surface area contributed by atoms with Gasteiger partial charge in [-0.05, 0) is 6.07 Å². The number of rotatable bonds is 4. The van der Waals surface area contributed by atoms with Gasteiger partial charge < -0.3 is 0 Å². The molecule has 0 aromatic carbocycles. The lowest BCUT2D eigenvalue weighted by molar-refractivity contribution is 0.580. The second-order valence-electron chi connectivity index (χ2n) is 2.78. The first-order valence-electron chi connectivity index (χ1n) is 3.81. The van der Waals surface area contributed by atoms with Crippen LogP contribution in [0.1, 0.15) is 0 Å². The van der Waals surface area contributed by atoms with Gasteiger partial charge in [0, 0.05) is 17.6 Å². The van der Waals surface area contributed by atoms with Crippen LogP contribution in [0.5, 0.6) is 0 Å². The SMILES string of the molecule is NP(N)(=O)Nc1ccnc(SP(N)(N)=O)n1. The third-order valence-electron chi connectivity index (χ3n) is 1.15. The van der Waals surface area contributed by atoms with Gasteiger partial charge in [0.15, 0.2) is 5.16 Å². The Hall–Kier alpha value is -0.470. The van der Waals surface area contributed by atoms with Crippen molar-refractivity contribution in [2.24, 2.45) is 22.0 Å². The van der Waals surface area contributed by atoms with E-state index in [0.29, 0.717) is 11.4 Å². The lowest BCUT2D eigenvalue weighted by Gasteiger charge is -2.10. The lowest BCUT2D eigenvalue weighted by atomic mass is 10.6. The molecule has 0 aliphatic carbocycles. The van der Waals surface area contributed by atoms with E-state index in [-0.39, 0.29) is 11.0 Å². The zero-order valence-electron chi connectivity index (χ0n) is 7.98. The summed E-state index contributed by atoms with van der Waals surface area (Å²) >= 11 is 0.618. The number of nitrogens with zero attached hydrogens (tertiary/aromatic N) is 2. The molecule has 9 N–H and O–H groups in total. The molecular formula is C4H11N7O2P2S. The van der Waals surface area contributed by atoms with E-state index in [1.54, 1.807) is 0 Å². The number of aromatic nitrogens is 2. The molecule has 0 radical (unpaired) electrons. The Morgan fingerprint density at radius 3 is 2.38 bits per heavy atom. The summed E-state index contributed by atoms with van der Waals surface area (Å²) in [7, 11) is -3.44. The average Bonchev–Trinajstić information content (AvgIpc) is 1.96. The number of hydrogen-bond donors (Lipinski definition) is 5. The van der Waals surface area contributed by atoms with Gasteiger partial charge in [0.2, 0.25) is 0 Å². The fraction of sp³-hybridized carbons (Fsp3) is 0. The van der Waals surface area contributed by atoms with Crippen molar-refractivity contribution in [3.8, 4) is 0 Å². The summed E-state index contributed by atoms with van der Waals surface area (Å²) in [6.45, 7) is -3.33. The van der Waals surface area contributed by atoms with E-state index >= 15 is 0 Å². The predicted molar refractivity (Wildman–Crippen MR) is 63.5 cm³/mol. The molecule has 0 saturated heterocycles. The zero-order valence-corrected chi connectivity index (χ0v) is 10.6. The van der Waals surface area contributed by atoms with Crippen molar-refractivity contribution in [2.75, 3.05) is 5.09 Å². The fourth-order valence-corrected chi connectivity index (χ4v) is 2.77. The molecule has 12 heteroatoms.